The van der Waals surface area contributed by atoms with Gasteiger partial charge in [-0.2, -0.15) is 0 Å². The van der Waals surface area contributed by atoms with Crippen molar-refractivity contribution in [3.05, 3.63) is 0 Å². The SMILES string of the molecule is CS[C@H]1O[C@H]([C@H](NC(=O)[C@@H]2C[C@H](CCC3CC3)CCN2)C(C)C)[C@H](O)[C@H](O)[C@H]1O. The number of thioether (sulfide) groups is 1. The summed E-state index contributed by atoms with van der Waals surface area (Å²) in [6.45, 7) is 4.76. The van der Waals surface area contributed by atoms with Gasteiger partial charge in [0.15, 0.2) is 0 Å². The minimum absolute atomic E-state index is 0.00203. The molecular formula is C21H38N2O5S. The van der Waals surface area contributed by atoms with Crippen molar-refractivity contribution in [2.45, 2.75) is 94.3 Å². The minimum atomic E-state index is -1.30. The van der Waals surface area contributed by atoms with Crippen LogP contribution in [-0.2, 0) is 9.53 Å². The van der Waals surface area contributed by atoms with Crippen molar-refractivity contribution in [1.29, 1.82) is 0 Å². The molecule has 5 N–H and O–H groups in total. The Balaban J connectivity index is 1.60. The average molecular weight is 431 g/mol. The van der Waals surface area contributed by atoms with Crippen LogP contribution < -0.4 is 10.6 Å². The molecule has 0 spiro atoms. The van der Waals surface area contributed by atoms with Gasteiger partial charge in [0.25, 0.3) is 0 Å². The van der Waals surface area contributed by atoms with Gasteiger partial charge in [-0.25, -0.2) is 0 Å². The van der Waals surface area contributed by atoms with Crippen LogP contribution in [0.5, 0.6) is 0 Å². The molecule has 2 aliphatic heterocycles. The van der Waals surface area contributed by atoms with Crippen molar-refractivity contribution in [1.82, 2.24) is 10.6 Å². The van der Waals surface area contributed by atoms with Crippen LogP contribution in [0.4, 0.5) is 0 Å². The zero-order chi connectivity index (χ0) is 21.1. The van der Waals surface area contributed by atoms with Gasteiger partial charge in [0.05, 0.1) is 12.1 Å². The maximum atomic E-state index is 13.0. The molecule has 8 atom stereocenters. The maximum absolute atomic E-state index is 13.0. The standard InChI is InChI=1S/C21H38N2O5S/c1-11(2)15(19-17(25)16(24)18(26)21(28-19)29-3)23-20(27)14-10-13(8-9-22-14)7-6-12-4-5-12/h11-19,21-22,24-26H,4-10H2,1-3H3,(H,23,27)/t13-,14+,15-,16+,17-,18-,19-,21-/m1/s1. The molecule has 8 heteroatoms. The summed E-state index contributed by atoms with van der Waals surface area (Å²) in [6.07, 6.45) is 4.47. The number of amides is 1. The number of aliphatic hydroxyl groups is 3. The first-order chi connectivity index (χ1) is 13.8. The monoisotopic (exact) mass is 430 g/mol. The molecule has 0 unspecified atom stereocenters. The predicted octanol–water partition coefficient (Wildman–Crippen LogP) is 0.856. The first-order valence-electron chi connectivity index (χ1n) is 11.1. The van der Waals surface area contributed by atoms with E-state index in [1.165, 1.54) is 37.4 Å². The molecule has 0 aromatic heterocycles. The lowest BCUT2D eigenvalue weighted by molar-refractivity contribution is -0.208. The highest BCUT2D eigenvalue weighted by atomic mass is 32.2. The van der Waals surface area contributed by atoms with E-state index in [1.807, 2.05) is 13.8 Å². The number of carbonyl (C=O) groups is 1. The summed E-state index contributed by atoms with van der Waals surface area (Å²) in [5.74, 6) is 1.42. The predicted molar refractivity (Wildman–Crippen MR) is 113 cm³/mol. The molecule has 29 heavy (non-hydrogen) atoms. The molecule has 1 aliphatic carbocycles. The highest BCUT2D eigenvalue weighted by molar-refractivity contribution is 7.99. The van der Waals surface area contributed by atoms with Crippen LogP contribution >= 0.6 is 11.8 Å². The molecule has 1 saturated carbocycles. The van der Waals surface area contributed by atoms with E-state index in [9.17, 15) is 20.1 Å². The van der Waals surface area contributed by atoms with Crippen molar-refractivity contribution in [2.24, 2.45) is 17.8 Å². The highest BCUT2D eigenvalue weighted by Crippen LogP contribution is 2.36. The molecule has 7 nitrogen and oxygen atoms in total. The number of hydrogen-bond donors (Lipinski definition) is 5. The van der Waals surface area contributed by atoms with Crippen molar-refractivity contribution < 1.29 is 24.9 Å². The number of carbonyl (C=O) groups excluding carboxylic acids is 1. The van der Waals surface area contributed by atoms with E-state index in [4.69, 9.17) is 4.74 Å². The van der Waals surface area contributed by atoms with Crippen molar-refractivity contribution in [3.8, 4) is 0 Å². The Morgan fingerprint density at radius 2 is 1.79 bits per heavy atom. The lowest BCUT2D eigenvalue weighted by Gasteiger charge is -2.44. The second-order valence-electron chi connectivity index (χ2n) is 9.37. The fourth-order valence-electron chi connectivity index (χ4n) is 4.59. The Hall–Kier alpha value is -0.380. The number of nitrogens with one attached hydrogen (secondary N) is 2. The van der Waals surface area contributed by atoms with Gasteiger partial charge < -0.3 is 30.7 Å². The van der Waals surface area contributed by atoms with Crippen molar-refractivity contribution in [3.63, 3.8) is 0 Å². The number of ether oxygens (including phenoxy) is 1. The molecule has 0 aromatic rings. The topological polar surface area (TPSA) is 111 Å². The van der Waals surface area contributed by atoms with E-state index in [0.29, 0.717) is 5.92 Å². The summed E-state index contributed by atoms with van der Waals surface area (Å²) in [6, 6.07) is -0.690. The number of rotatable bonds is 8. The van der Waals surface area contributed by atoms with Gasteiger partial charge >= 0.3 is 0 Å². The van der Waals surface area contributed by atoms with Crippen LogP contribution in [0.15, 0.2) is 0 Å². The van der Waals surface area contributed by atoms with Crippen LogP contribution in [0.1, 0.15) is 52.4 Å². The maximum Gasteiger partial charge on any atom is 0.237 e. The molecule has 3 rings (SSSR count). The third-order valence-electron chi connectivity index (χ3n) is 6.73. The van der Waals surface area contributed by atoms with Gasteiger partial charge in [0, 0.05) is 0 Å². The Labute approximate surface area is 178 Å². The molecule has 2 heterocycles. The molecule has 168 valence electrons. The van der Waals surface area contributed by atoms with Crippen LogP contribution in [0, 0.1) is 17.8 Å². The fourth-order valence-corrected chi connectivity index (χ4v) is 5.27. The van der Waals surface area contributed by atoms with E-state index in [2.05, 4.69) is 10.6 Å². The summed E-state index contributed by atoms with van der Waals surface area (Å²) >= 11 is 1.28. The molecule has 1 amide bonds. The molecule has 3 aliphatic rings. The van der Waals surface area contributed by atoms with E-state index in [0.717, 1.165) is 25.3 Å². The van der Waals surface area contributed by atoms with Gasteiger partial charge in [-0.15, -0.1) is 11.8 Å². The molecule has 0 bridgehead atoms. The van der Waals surface area contributed by atoms with E-state index < -0.39 is 35.9 Å². The molecular weight excluding hydrogens is 392 g/mol. The normalized spacial score (nSPS) is 39.3. The summed E-state index contributed by atoms with van der Waals surface area (Å²) in [5.41, 5.74) is -0.642. The molecule has 3 fully saturated rings. The smallest absolute Gasteiger partial charge is 0.237 e. The van der Waals surface area contributed by atoms with Crippen LogP contribution in [0.2, 0.25) is 0 Å². The number of piperidine rings is 1. The lowest BCUT2D eigenvalue weighted by atomic mass is 9.86. The number of hydrogen-bond acceptors (Lipinski definition) is 7. The van der Waals surface area contributed by atoms with Gasteiger partial charge in [-0.05, 0) is 43.4 Å². The first-order valence-corrected chi connectivity index (χ1v) is 12.4. The van der Waals surface area contributed by atoms with Gasteiger partial charge in [-0.1, -0.05) is 39.5 Å². The lowest BCUT2D eigenvalue weighted by Crippen LogP contribution is -2.65. The van der Waals surface area contributed by atoms with Crippen molar-refractivity contribution >= 4 is 17.7 Å². The molecule has 2 saturated heterocycles. The quantitative estimate of drug-likeness (QED) is 0.388. The zero-order valence-electron chi connectivity index (χ0n) is 17.8. The first kappa shape index (κ1) is 23.3. The summed E-state index contributed by atoms with van der Waals surface area (Å²) in [5, 5.41) is 37.3. The minimum Gasteiger partial charge on any atom is -0.388 e. The summed E-state index contributed by atoms with van der Waals surface area (Å²) in [7, 11) is 0. The van der Waals surface area contributed by atoms with Gasteiger partial charge in [0.1, 0.15) is 29.9 Å². The van der Waals surface area contributed by atoms with Gasteiger partial charge in [0.2, 0.25) is 5.91 Å². The van der Waals surface area contributed by atoms with E-state index in [-0.39, 0.29) is 17.9 Å². The molecule has 0 aromatic carbocycles. The Bertz CT molecular complexity index is 545. The van der Waals surface area contributed by atoms with E-state index >= 15 is 0 Å². The Morgan fingerprint density at radius 1 is 1.10 bits per heavy atom. The average Bonchev–Trinajstić information content (AvgIpc) is 3.54. The van der Waals surface area contributed by atoms with Crippen LogP contribution in [-0.4, -0.2) is 76.0 Å². The molecule has 0 radical (unpaired) electrons. The van der Waals surface area contributed by atoms with E-state index in [1.54, 1.807) is 6.26 Å². The number of aliphatic hydroxyl groups excluding tert-OH is 3. The van der Waals surface area contributed by atoms with Crippen LogP contribution in [0.25, 0.3) is 0 Å². The largest absolute Gasteiger partial charge is 0.388 e. The second-order valence-corrected chi connectivity index (χ2v) is 10.3. The van der Waals surface area contributed by atoms with Gasteiger partial charge in [-0.3, -0.25) is 4.79 Å². The van der Waals surface area contributed by atoms with Crippen molar-refractivity contribution in [2.75, 3.05) is 12.8 Å². The zero-order valence-corrected chi connectivity index (χ0v) is 18.6. The fraction of sp³-hybridized carbons (Fsp3) is 0.952. The Morgan fingerprint density at radius 3 is 2.41 bits per heavy atom. The summed E-state index contributed by atoms with van der Waals surface area (Å²) < 4.78 is 5.90. The second kappa shape index (κ2) is 10.3. The highest BCUT2D eigenvalue weighted by Gasteiger charge is 2.47. The third kappa shape index (κ3) is 5.86. The Kier molecular flexibility index (Phi) is 8.26. The van der Waals surface area contributed by atoms with Crippen LogP contribution in [0.3, 0.4) is 0 Å². The summed E-state index contributed by atoms with van der Waals surface area (Å²) in [4.78, 5) is 13.0. The third-order valence-corrected chi connectivity index (χ3v) is 7.58.